The predicted molar refractivity (Wildman–Crippen MR) is 125 cm³/mol. The van der Waals surface area contributed by atoms with Crippen LogP contribution in [0.25, 0.3) is 10.9 Å². The Balaban J connectivity index is 1.27. The van der Waals surface area contributed by atoms with E-state index in [-0.39, 0.29) is 11.3 Å². The van der Waals surface area contributed by atoms with E-state index in [1.165, 1.54) is 17.7 Å². The first-order valence-electron chi connectivity index (χ1n) is 10.6. The Morgan fingerprint density at radius 1 is 0.906 bits per heavy atom. The lowest BCUT2D eigenvalue weighted by Gasteiger charge is -2.15. The number of phenols is 1. The molecule has 0 fully saturated rings. The highest BCUT2D eigenvalue weighted by Gasteiger charge is 2.13. The fraction of sp³-hybridized carbons (Fsp3) is 0.192. The summed E-state index contributed by atoms with van der Waals surface area (Å²) in [5, 5.41) is 24.5. The molecular formula is C26H26N2O4. The number of ether oxygens (including phenoxy) is 1. The largest absolute Gasteiger partial charge is 0.506 e. The van der Waals surface area contributed by atoms with E-state index in [9.17, 15) is 15.0 Å². The molecule has 4 rings (SSSR count). The Morgan fingerprint density at radius 3 is 2.44 bits per heavy atom. The van der Waals surface area contributed by atoms with Crippen molar-refractivity contribution in [1.82, 2.24) is 10.3 Å². The minimum atomic E-state index is -0.762. The van der Waals surface area contributed by atoms with Crippen LogP contribution < -0.4 is 15.6 Å². The second-order valence-corrected chi connectivity index (χ2v) is 7.67. The summed E-state index contributed by atoms with van der Waals surface area (Å²) in [5.74, 6) is 0.839. The number of hydrogen-bond donors (Lipinski definition) is 4. The fourth-order valence-electron chi connectivity index (χ4n) is 3.62. The number of para-hydroxylation sites is 1. The maximum Gasteiger partial charge on any atom is 0.248 e. The topological polar surface area (TPSA) is 94.6 Å². The lowest BCUT2D eigenvalue weighted by atomic mass is 10.0. The van der Waals surface area contributed by atoms with Crippen molar-refractivity contribution in [2.24, 2.45) is 0 Å². The van der Waals surface area contributed by atoms with Crippen LogP contribution in [0.3, 0.4) is 0 Å². The molecule has 1 aromatic heterocycles. The molecule has 0 spiro atoms. The molecule has 1 atom stereocenters. The molecule has 6 heteroatoms. The van der Waals surface area contributed by atoms with E-state index >= 15 is 0 Å². The highest BCUT2D eigenvalue weighted by atomic mass is 16.5. The van der Waals surface area contributed by atoms with Crippen LogP contribution in [0.1, 0.15) is 22.8 Å². The zero-order chi connectivity index (χ0) is 22.3. The number of nitrogens with one attached hydrogen (secondary N) is 2. The van der Waals surface area contributed by atoms with Crippen LogP contribution in [0.4, 0.5) is 0 Å². The van der Waals surface area contributed by atoms with Gasteiger partial charge < -0.3 is 25.3 Å². The van der Waals surface area contributed by atoms with E-state index in [1.807, 2.05) is 30.3 Å². The van der Waals surface area contributed by atoms with Gasteiger partial charge in [-0.1, -0.05) is 48.5 Å². The van der Waals surface area contributed by atoms with Gasteiger partial charge in [0, 0.05) is 18.0 Å². The molecule has 164 valence electrons. The molecule has 0 aliphatic rings. The van der Waals surface area contributed by atoms with E-state index in [2.05, 4.69) is 34.6 Å². The summed E-state index contributed by atoms with van der Waals surface area (Å²) in [5.41, 5.74) is 3.01. The Labute approximate surface area is 186 Å². The van der Waals surface area contributed by atoms with Crippen molar-refractivity contribution in [3.05, 3.63) is 106 Å². The lowest BCUT2D eigenvalue weighted by molar-refractivity contribution is 0.176. The number of hydrogen-bond acceptors (Lipinski definition) is 5. The van der Waals surface area contributed by atoms with Gasteiger partial charge in [0.15, 0.2) is 0 Å². The Kier molecular flexibility index (Phi) is 6.84. The molecule has 0 saturated heterocycles. The van der Waals surface area contributed by atoms with Gasteiger partial charge in [0.2, 0.25) is 5.56 Å². The number of aliphatic hydroxyl groups is 1. The van der Waals surface area contributed by atoms with Crippen molar-refractivity contribution in [1.29, 1.82) is 0 Å². The van der Waals surface area contributed by atoms with E-state index < -0.39 is 6.10 Å². The number of fused-ring (bicyclic) bond motifs is 1. The number of phenolic OH excluding ortho intramolecular Hbond substituents is 1. The molecule has 0 aliphatic carbocycles. The van der Waals surface area contributed by atoms with Crippen LogP contribution >= 0.6 is 0 Å². The third-order valence-electron chi connectivity index (χ3n) is 5.37. The smallest absolute Gasteiger partial charge is 0.248 e. The maximum absolute atomic E-state index is 11.5. The number of H-pyrrole nitrogens is 1. The number of benzene rings is 3. The molecule has 3 aromatic carbocycles. The first kappa shape index (κ1) is 21.6. The molecule has 0 unspecified atom stereocenters. The van der Waals surface area contributed by atoms with Crippen molar-refractivity contribution in [3.63, 3.8) is 0 Å². The van der Waals surface area contributed by atoms with Gasteiger partial charge in [0.25, 0.3) is 0 Å². The third kappa shape index (κ3) is 5.35. The average Bonchev–Trinajstić information content (AvgIpc) is 2.82. The molecule has 0 radical (unpaired) electrons. The highest BCUT2D eigenvalue weighted by molar-refractivity contribution is 5.87. The van der Waals surface area contributed by atoms with Crippen LogP contribution in [0, 0.1) is 0 Å². The summed E-state index contributed by atoms with van der Waals surface area (Å²) in [7, 11) is 0. The summed E-state index contributed by atoms with van der Waals surface area (Å²) >= 11 is 0. The average molecular weight is 431 g/mol. The van der Waals surface area contributed by atoms with Gasteiger partial charge in [-0.15, -0.1) is 0 Å². The van der Waals surface area contributed by atoms with Gasteiger partial charge in [-0.3, -0.25) is 4.79 Å². The van der Waals surface area contributed by atoms with E-state index in [0.717, 1.165) is 17.7 Å². The summed E-state index contributed by atoms with van der Waals surface area (Å²) in [4.78, 5) is 14.2. The number of aromatic nitrogens is 1. The van der Waals surface area contributed by atoms with Crippen molar-refractivity contribution < 1.29 is 14.9 Å². The molecular weight excluding hydrogens is 404 g/mol. The maximum atomic E-state index is 11.5. The number of aromatic amines is 1. The van der Waals surface area contributed by atoms with E-state index in [0.29, 0.717) is 36.2 Å². The molecule has 4 N–H and O–H groups in total. The van der Waals surface area contributed by atoms with Crippen molar-refractivity contribution in [3.8, 4) is 11.5 Å². The summed E-state index contributed by atoms with van der Waals surface area (Å²) < 4.78 is 5.77. The van der Waals surface area contributed by atoms with Crippen LogP contribution in [-0.2, 0) is 13.0 Å². The zero-order valence-electron chi connectivity index (χ0n) is 17.6. The second kappa shape index (κ2) is 10.1. The number of aliphatic hydroxyl groups excluding tert-OH is 1. The predicted octanol–water partition coefficient (Wildman–Crippen LogP) is 3.68. The zero-order valence-corrected chi connectivity index (χ0v) is 17.6. The SMILES string of the molecule is O=c1ccc2c([C@@H](O)CNCCc3ccc(COc4ccccc4)cc3)ccc(O)c2[nH]1. The standard InChI is InChI=1S/C26H26N2O4/c29-23-12-10-21(22-11-13-25(31)28-26(22)23)24(30)16-27-15-14-18-6-8-19(9-7-18)17-32-20-4-2-1-3-5-20/h1-13,24,27,29-30H,14-17H2,(H,28,31)/t24-/m0/s1. The lowest BCUT2D eigenvalue weighted by Crippen LogP contribution is -2.24. The molecule has 0 amide bonds. The third-order valence-corrected chi connectivity index (χ3v) is 5.37. The molecule has 1 heterocycles. The summed E-state index contributed by atoms with van der Waals surface area (Å²) in [6, 6.07) is 24.2. The highest BCUT2D eigenvalue weighted by Crippen LogP contribution is 2.28. The van der Waals surface area contributed by atoms with Crippen LogP contribution in [0.15, 0.2) is 83.7 Å². The first-order chi connectivity index (χ1) is 15.6. The van der Waals surface area contributed by atoms with E-state index in [4.69, 9.17) is 4.74 Å². The van der Waals surface area contributed by atoms with Gasteiger partial charge in [0.1, 0.15) is 18.1 Å². The Morgan fingerprint density at radius 2 is 1.66 bits per heavy atom. The van der Waals surface area contributed by atoms with Gasteiger partial charge >= 0.3 is 0 Å². The minimum Gasteiger partial charge on any atom is -0.506 e. The number of pyridine rings is 1. The van der Waals surface area contributed by atoms with Gasteiger partial charge in [-0.05, 0) is 53.9 Å². The summed E-state index contributed by atoms with van der Waals surface area (Å²) in [6.07, 6.45) is 0.0671. The van der Waals surface area contributed by atoms with Crippen molar-refractivity contribution in [2.75, 3.05) is 13.1 Å². The quantitative estimate of drug-likeness (QED) is 0.304. The number of aromatic hydroxyl groups is 1. The van der Waals surface area contributed by atoms with Crippen molar-refractivity contribution >= 4 is 10.9 Å². The van der Waals surface area contributed by atoms with Crippen molar-refractivity contribution in [2.45, 2.75) is 19.1 Å². The number of rotatable bonds is 9. The Bertz CT molecular complexity index is 1220. The van der Waals surface area contributed by atoms with Gasteiger partial charge in [0.05, 0.1) is 11.6 Å². The van der Waals surface area contributed by atoms with Crippen LogP contribution in [0.2, 0.25) is 0 Å². The van der Waals surface area contributed by atoms with E-state index in [1.54, 1.807) is 12.1 Å². The van der Waals surface area contributed by atoms with Crippen LogP contribution in [0.5, 0.6) is 11.5 Å². The monoisotopic (exact) mass is 430 g/mol. The van der Waals surface area contributed by atoms with Crippen LogP contribution in [-0.4, -0.2) is 28.3 Å². The molecule has 0 aliphatic heterocycles. The normalized spacial score (nSPS) is 12.0. The first-order valence-corrected chi connectivity index (χ1v) is 10.6. The molecule has 32 heavy (non-hydrogen) atoms. The fourth-order valence-corrected chi connectivity index (χ4v) is 3.62. The molecule has 0 saturated carbocycles. The second-order valence-electron chi connectivity index (χ2n) is 7.67. The molecule has 4 aromatic rings. The molecule has 6 nitrogen and oxygen atoms in total. The summed E-state index contributed by atoms with van der Waals surface area (Å²) in [6.45, 7) is 1.60. The van der Waals surface area contributed by atoms with Gasteiger partial charge in [-0.2, -0.15) is 0 Å². The van der Waals surface area contributed by atoms with Gasteiger partial charge in [-0.25, -0.2) is 0 Å². The molecule has 0 bridgehead atoms. The minimum absolute atomic E-state index is 0.0146. The Hall–Kier alpha value is -3.61.